The van der Waals surface area contributed by atoms with Gasteiger partial charge < -0.3 is 20.3 Å². The van der Waals surface area contributed by atoms with Crippen molar-refractivity contribution in [3.05, 3.63) is 0 Å². The standard InChI is InChI=1S/C13H26N4OS/c1-5-16(6-2)9-8-10-17(7-3)13-11(18-4)12(14)15-19-13/h5-10H2,1-4H3,(H2,14,15). The second-order valence-corrected chi connectivity index (χ2v) is 5.12. The van der Waals surface area contributed by atoms with E-state index >= 15 is 0 Å². The third-order valence-electron chi connectivity index (χ3n) is 3.33. The third kappa shape index (κ3) is 4.24. The third-order valence-corrected chi connectivity index (χ3v) is 4.23. The molecule has 0 atom stereocenters. The topological polar surface area (TPSA) is 54.6 Å². The summed E-state index contributed by atoms with van der Waals surface area (Å²) >= 11 is 1.42. The summed E-state index contributed by atoms with van der Waals surface area (Å²) < 4.78 is 9.51. The first kappa shape index (κ1) is 16.0. The van der Waals surface area contributed by atoms with Gasteiger partial charge in [-0.15, -0.1) is 0 Å². The van der Waals surface area contributed by atoms with Crippen LogP contribution in [-0.4, -0.2) is 49.1 Å². The lowest BCUT2D eigenvalue weighted by atomic mass is 10.3. The minimum atomic E-state index is 0.490. The van der Waals surface area contributed by atoms with Crippen molar-refractivity contribution in [1.29, 1.82) is 0 Å². The summed E-state index contributed by atoms with van der Waals surface area (Å²) in [5.74, 6) is 1.21. The summed E-state index contributed by atoms with van der Waals surface area (Å²) in [4.78, 5) is 4.72. The molecule has 1 aromatic heterocycles. The molecule has 2 N–H and O–H groups in total. The molecular weight excluding hydrogens is 260 g/mol. The lowest BCUT2D eigenvalue weighted by molar-refractivity contribution is 0.300. The molecule has 19 heavy (non-hydrogen) atoms. The quantitative estimate of drug-likeness (QED) is 0.755. The predicted octanol–water partition coefficient (Wildman–Crippen LogP) is 2.29. The number of nitrogen functional groups attached to an aromatic ring is 1. The first-order chi connectivity index (χ1) is 9.17. The van der Waals surface area contributed by atoms with Gasteiger partial charge in [0, 0.05) is 13.1 Å². The molecule has 0 bridgehead atoms. The molecular formula is C13H26N4OS. The van der Waals surface area contributed by atoms with Crippen LogP contribution in [0.2, 0.25) is 0 Å². The van der Waals surface area contributed by atoms with Crippen molar-refractivity contribution in [2.75, 3.05) is 50.5 Å². The van der Waals surface area contributed by atoms with Gasteiger partial charge in [0.1, 0.15) is 0 Å². The number of nitrogens with two attached hydrogens (primary N) is 1. The Hall–Kier alpha value is -1.01. The van der Waals surface area contributed by atoms with Crippen LogP contribution in [0.4, 0.5) is 10.8 Å². The van der Waals surface area contributed by atoms with Gasteiger partial charge in [-0.05, 0) is 44.5 Å². The van der Waals surface area contributed by atoms with E-state index in [-0.39, 0.29) is 0 Å². The van der Waals surface area contributed by atoms with E-state index in [2.05, 4.69) is 34.9 Å². The molecule has 0 saturated carbocycles. The Balaban J connectivity index is 2.58. The maximum atomic E-state index is 5.80. The number of aromatic nitrogens is 1. The zero-order valence-corrected chi connectivity index (χ0v) is 13.3. The predicted molar refractivity (Wildman–Crippen MR) is 83.4 cm³/mol. The molecule has 0 radical (unpaired) electrons. The van der Waals surface area contributed by atoms with Gasteiger partial charge in [0.25, 0.3) is 0 Å². The summed E-state index contributed by atoms with van der Waals surface area (Å²) in [6.07, 6.45) is 1.14. The molecule has 0 aliphatic rings. The summed E-state index contributed by atoms with van der Waals surface area (Å²) in [6, 6.07) is 0. The van der Waals surface area contributed by atoms with Crippen molar-refractivity contribution >= 4 is 22.4 Å². The molecule has 1 rings (SSSR count). The average molecular weight is 286 g/mol. The smallest absolute Gasteiger partial charge is 0.197 e. The molecule has 5 nitrogen and oxygen atoms in total. The Morgan fingerprint density at radius 2 is 1.84 bits per heavy atom. The van der Waals surface area contributed by atoms with Crippen molar-refractivity contribution in [2.24, 2.45) is 0 Å². The second-order valence-electron chi connectivity index (χ2n) is 4.37. The van der Waals surface area contributed by atoms with Crippen LogP contribution in [0.25, 0.3) is 0 Å². The van der Waals surface area contributed by atoms with E-state index in [0.29, 0.717) is 5.82 Å². The van der Waals surface area contributed by atoms with E-state index in [1.165, 1.54) is 11.5 Å². The molecule has 1 aromatic rings. The van der Waals surface area contributed by atoms with E-state index in [0.717, 1.165) is 49.9 Å². The highest BCUT2D eigenvalue weighted by atomic mass is 32.1. The van der Waals surface area contributed by atoms with Crippen LogP contribution in [0, 0.1) is 0 Å². The van der Waals surface area contributed by atoms with Crippen LogP contribution >= 0.6 is 11.5 Å². The molecule has 0 fully saturated rings. The van der Waals surface area contributed by atoms with E-state index in [1.54, 1.807) is 7.11 Å². The maximum Gasteiger partial charge on any atom is 0.197 e. The Kier molecular flexibility index (Phi) is 6.94. The van der Waals surface area contributed by atoms with Crippen LogP contribution in [-0.2, 0) is 0 Å². The first-order valence-corrected chi connectivity index (χ1v) is 7.71. The lowest BCUT2D eigenvalue weighted by Gasteiger charge is -2.24. The van der Waals surface area contributed by atoms with Gasteiger partial charge in [0.15, 0.2) is 16.6 Å². The van der Waals surface area contributed by atoms with Crippen molar-refractivity contribution in [3.63, 3.8) is 0 Å². The zero-order valence-electron chi connectivity index (χ0n) is 12.5. The van der Waals surface area contributed by atoms with Gasteiger partial charge in [-0.3, -0.25) is 0 Å². The molecule has 0 amide bonds. The summed E-state index contributed by atoms with van der Waals surface area (Å²) in [5.41, 5.74) is 5.80. The van der Waals surface area contributed by atoms with Crippen LogP contribution in [0.1, 0.15) is 27.2 Å². The molecule has 0 aliphatic heterocycles. The van der Waals surface area contributed by atoms with Crippen molar-refractivity contribution in [3.8, 4) is 5.75 Å². The van der Waals surface area contributed by atoms with Crippen molar-refractivity contribution in [1.82, 2.24) is 9.27 Å². The summed E-state index contributed by atoms with van der Waals surface area (Å²) in [6.45, 7) is 11.8. The molecule has 6 heteroatoms. The van der Waals surface area contributed by atoms with E-state index in [4.69, 9.17) is 10.5 Å². The van der Waals surface area contributed by atoms with Gasteiger partial charge in [0.05, 0.1) is 7.11 Å². The SMILES string of the molecule is CCN(CC)CCCN(CC)c1snc(N)c1OC. The normalized spacial score (nSPS) is 11.0. The fraction of sp³-hybridized carbons (Fsp3) is 0.769. The minimum Gasteiger partial charge on any atom is -0.490 e. The second kappa shape index (κ2) is 8.22. The number of nitrogens with zero attached hydrogens (tertiary/aromatic N) is 3. The number of hydrogen-bond donors (Lipinski definition) is 1. The van der Waals surface area contributed by atoms with E-state index in [1.807, 2.05) is 0 Å². The fourth-order valence-corrected chi connectivity index (χ4v) is 2.98. The Labute approximate surface area is 120 Å². The Morgan fingerprint density at radius 3 is 2.37 bits per heavy atom. The van der Waals surface area contributed by atoms with Crippen LogP contribution in [0.15, 0.2) is 0 Å². The number of ether oxygens (including phenoxy) is 1. The molecule has 0 aromatic carbocycles. The van der Waals surface area contributed by atoms with Crippen molar-refractivity contribution in [2.45, 2.75) is 27.2 Å². The molecule has 1 heterocycles. The first-order valence-electron chi connectivity index (χ1n) is 6.94. The molecule has 0 aliphatic carbocycles. The highest BCUT2D eigenvalue weighted by Gasteiger charge is 2.17. The maximum absolute atomic E-state index is 5.80. The fourth-order valence-electron chi connectivity index (χ4n) is 2.11. The van der Waals surface area contributed by atoms with Crippen LogP contribution < -0.4 is 15.4 Å². The number of hydrogen-bond acceptors (Lipinski definition) is 6. The van der Waals surface area contributed by atoms with E-state index in [9.17, 15) is 0 Å². The van der Waals surface area contributed by atoms with Crippen molar-refractivity contribution < 1.29 is 4.74 Å². The van der Waals surface area contributed by atoms with Crippen LogP contribution in [0.3, 0.4) is 0 Å². The number of methoxy groups -OCH3 is 1. The van der Waals surface area contributed by atoms with E-state index < -0.39 is 0 Å². The largest absolute Gasteiger partial charge is 0.490 e. The number of anilines is 2. The van der Waals surface area contributed by atoms with Gasteiger partial charge in [0.2, 0.25) is 0 Å². The molecule has 0 spiro atoms. The van der Waals surface area contributed by atoms with Gasteiger partial charge in [-0.25, -0.2) is 0 Å². The minimum absolute atomic E-state index is 0.490. The number of rotatable bonds is 9. The van der Waals surface area contributed by atoms with Gasteiger partial charge in [-0.2, -0.15) is 4.37 Å². The molecule has 110 valence electrons. The van der Waals surface area contributed by atoms with Gasteiger partial charge in [-0.1, -0.05) is 13.8 Å². The van der Waals surface area contributed by atoms with Crippen LogP contribution in [0.5, 0.6) is 5.75 Å². The highest BCUT2D eigenvalue weighted by Crippen LogP contribution is 2.37. The molecule has 0 unspecified atom stereocenters. The highest BCUT2D eigenvalue weighted by molar-refractivity contribution is 7.11. The zero-order chi connectivity index (χ0) is 14.3. The molecule has 0 saturated heterocycles. The average Bonchev–Trinajstić information content (AvgIpc) is 2.80. The lowest BCUT2D eigenvalue weighted by Crippen LogP contribution is -2.29. The Bertz CT molecular complexity index is 366. The van der Waals surface area contributed by atoms with Gasteiger partial charge >= 0.3 is 0 Å². The monoisotopic (exact) mass is 286 g/mol. The Morgan fingerprint density at radius 1 is 1.16 bits per heavy atom. The summed E-state index contributed by atoms with van der Waals surface area (Å²) in [7, 11) is 1.65. The summed E-state index contributed by atoms with van der Waals surface area (Å²) in [5, 5.41) is 1.04.